The molecule has 0 radical (unpaired) electrons. The second-order valence-corrected chi connectivity index (χ2v) is 3.95. The first kappa shape index (κ1) is 11.3. The van der Waals surface area contributed by atoms with Crippen molar-refractivity contribution in [1.29, 1.82) is 0 Å². The van der Waals surface area contributed by atoms with Gasteiger partial charge in [-0.3, -0.25) is 9.78 Å². The monoisotopic (exact) mass is 226 g/mol. The molecular formula is C14H14N2O. The molecule has 17 heavy (non-hydrogen) atoms. The van der Waals surface area contributed by atoms with Crippen LogP contribution in [-0.2, 0) is 4.79 Å². The number of aryl methyl sites for hydroxylation is 1. The smallest absolute Gasteiger partial charge is 0.221 e. The van der Waals surface area contributed by atoms with Gasteiger partial charge in [-0.2, -0.15) is 0 Å². The summed E-state index contributed by atoms with van der Waals surface area (Å²) in [5.74, 6) is -0.0556. The summed E-state index contributed by atoms with van der Waals surface area (Å²) in [6, 6.07) is 9.91. The van der Waals surface area contributed by atoms with E-state index in [0.717, 1.165) is 22.4 Å². The summed E-state index contributed by atoms with van der Waals surface area (Å²) >= 11 is 0. The van der Waals surface area contributed by atoms with Crippen molar-refractivity contribution in [2.24, 2.45) is 0 Å². The number of pyridine rings is 1. The van der Waals surface area contributed by atoms with E-state index >= 15 is 0 Å². The second-order valence-electron chi connectivity index (χ2n) is 3.95. The minimum Gasteiger partial charge on any atom is -0.326 e. The average Bonchev–Trinajstić information content (AvgIpc) is 2.32. The summed E-state index contributed by atoms with van der Waals surface area (Å²) in [7, 11) is 0. The lowest BCUT2D eigenvalue weighted by Crippen LogP contribution is -2.07. The number of aromatic nitrogens is 1. The Balaban J connectivity index is 2.41. The van der Waals surface area contributed by atoms with E-state index in [0.29, 0.717) is 0 Å². The van der Waals surface area contributed by atoms with Gasteiger partial charge in [0.1, 0.15) is 0 Å². The van der Waals surface area contributed by atoms with E-state index < -0.39 is 0 Å². The minimum absolute atomic E-state index is 0.0556. The van der Waals surface area contributed by atoms with Crippen molar-refractivity contribution in [3.05, 3.63) is 48.3 Å². The number of carbonyl (C=O) groups is 1. The summed E-state index contributed by atoms with van der Waals surface area (Å²) in [4.78, 5) is 15.1. The Kier molecular flexibility index (Phi) is 3.19. The number of carbonyl (C=O) groups excluding carboxylic acids is 1. The van der Waals surface area contributed by atoms with Gasteiger partial charge in [0.15, 0.2) is 0 Å². The fourth-order valence-electron chi connectivity index (χ4n) is 1.67. The van der Waals surface area contributed by atoms with Crippen molar-refractivity contribution in [2.45, 2.75) is 13.8 Å². The zero-order chi connectivity index (χ0) is 12.3. The molecule has 0 spiro atoms. The van der Waals surface area contributed by atoms with Gasteiger partial charge in [0.25, 0.3) is 0 Å². The molecule has 0 fully saturated rings. The quantitative estimate of drug-likeness (QED) is 0.855. The summed E-state index contributed by atoms with van der Waals surface area (Å²) in [6.07, 6.45) is 3.51. The van der Waals surface area contributed by atoms with Crippen LogP contribution < -0.4 is 5.32 Å². The van der Waals surface area contributed by atoms with E-state index in [1.165, 1.54) is 6.92 Å². The Labute approximate surface area is 101 Å². The van der Waals surface area contributed by atoms with Crippen molar-refractivity contribution < 1.29 is 4.79 Å². The van der Waals surface area contributed by atoms with E-state index in [2.05, 4.69) is 10.3 Å². The van der Waals surface area contributed by atoms with E-state index in [-0.39, 0.29) is 5.91 Å². The number of anilines is 1. The van der Waals surface area contributed by atoms with Crippen LogP contribution in [0.2, 0.25) is 0 Å². The van der Waals surface area contributed by atoms with Crippen LogP contribution in [0, 0.1) is 6.92 Å². The van der Waals surface area contributed by atoms with Crippen molar-refractivity contribution in [3.8, 4) is 11.1 Å². The number of amides is 1. The molecule has 1 amide bonds. The summed E-state index contributed by atoms with van der Waals surface area (Å²) in [5.41, 5.74) is 4.07. The molecule has 0 saturated heterocycles. The fourth-order valence-corrected chi connectivity index (χ4v) is 1.67. The zero-order valence-corrected chi connectivity index (χ0v) is 9.90. The van der Waals surface area contributed by atoms with E-state index in [4.69, 9.17) is 0 Å². The number of benzene rings is 1. The molecule has 1 aromatic heterocycles. The topological polar surface area (TPSA) is 42.0 Å². The average molecular weight is 226 g/mol. The first-order valence-corrected chi connectivity index (χ1v) is 5.45. The van der Waals surface area contributed by atoms with Crippen LogP contribution in [0.3, 0.4) is 0 Å². The molecule has 0 atom stereocenters. The number of nitrogens with one attached hydrogen (secondary N) is 1. The lowest BCUT2D eigenvalue weighted by molar-refractivity contribution is -0.114. The van der Waals surface area contributed by atoms with Crippen LogP contribution in [0.15, 0.2) is 42.7 Å². The Morgan fingerprint density at radius 2 is 1.82 bits per heavy atom. The second kappa shape index (κ2) is 4.78. The third-order valence-corrected chi connectivity index (χ3v) is 2.56. The molecule has 0 aliphatic heterocycles. The number of nitrogens with zero attached hydrogens (tertiary/aromatic N) is 1. The van der Waals surface area contributed by atoms with Gasteiger partial charge >= 0.3 is 0 Å². The molecule has 0 unspecified atom stereocenters. The Hall–Kier alpha value is -2.16. The molecule has 0 saturated carbocycles. The molecule has 1 aromatic carbocycles. The highest BCUT2D eigenvalue weighted by Crippen LogP contribution is 2.24. The van der Waals surface area contributed by atoms with Gasteiger partial charge in [-0.05, 0) is 41.8 Å². The van der Waals surface area contributed by atoms with Crippen LogP contribution in [0.25, 0.3) is 11.1 Å². The lowest BCUT2D eigenvalue weighted by atomic mass is 10.0. The Morgan fingerprint density at radius 3 is 2.47 bits per heavy atom. The molecule has 3 heteroatoms. The van der Waals surface area contributed by atoms with Gasteiger partial charge in [0, 0.05) is 25.0 Å². The third kappa shape index (κ3) is 2.69. The molecule has 2 rings (SSSR count). The molecule has 3 nitrogen and oxygen atoms in total. The van der Waals surface area contributed by atoms with Gasteiger partial charge < -0.3 is 5.32 Å². The predicted octanol–water partition coefficient (Wildman–Crippen LogP) is 3.02. The lowest BCUT2D eigenvalue weighted by Gasteiger charge is -2.09. The maximum atomic E-state index is 11.1. The van der Waals surface area contributed by atoms with Gasteiger partial charge in [-0.25, -0.2) is 0 Å². The number of hydrogen-bond acceptors (Lipinski definition) is 2. The molecule has 1 heterocycles. The molecule has 0 aliphatic rings. The normalized spacial score (nSPS) is 10.0. The van der Waals surface area contributed by atoms with Crippen molar-refractivity contribution >= 4 is 11.6 Å². The van der Waals surface area contributed by atoms with E-state index in [1.54, 1.807) is 12.4 Å². The van der Waals surface area contributed by atoms with Crippen LogP contribution in [-0.4, -0.2) is 10.9 Å². The highest BCUT2D eigenvalue weighted by Gasteiger charge is 2.03. The largest absolute Gasteiger partial charge is 0.326 e. The summed E-state index contributed by atoms with van der Waals surface area (Å²) < 4.78 is 0. The molecule has 86 valence electrons. The van der Waals surface area contributed by atoms with Gasteiger partial charge in [0.05, 0.1) is 0 Å². The van der Waals surface area contributed by atoms with E-state index in [1.807, 2.05) is 37.3 Å². The van der Waals surface area contributed by atoms with Crippen LogP contribution in [0.5, 0.6) is 0 Å². The van der Waals surface area contributed by atoms with Crippen molar-refractivity contribution in [1.82, 2.24) is 4.98 Å². The van der Waals surface area contributed by atoms with Crippen LogP contribution in [0.4, 0.5) is 5.69 Å². The molecule has 1 N–H and O–H groups in total. The summed E-state index contributed by atoms with van der Waals surface area (Å²) in [6.45, 7) is 3.49. The highest BCUT2D eigenvalue weighted by molar-refractivity contribution is 5.90. The van der Waals surface area contributed by atoms with Crippen LogP contribution in [0.1, 0.15) is 12.5 Å². The van der Waals surface area contributed by atoms with Crippen molar-refractivity contribution in [3.63, 3.8) is 0 Å². The molecular weight excluding hydrogens is 212 g/mol. The SMILES string of the molecule is CC(=O)Nc1cc(-c2ccncc2)ccc1C. The minimum atomic E-state index is -0.0556. The van der Waals surface area contributed by atoms with Crippen molar-refractivity contribution in [2.75, 3.05) is 5.32 Å². The number of hydrogen-bond donors (Lipinski definition) is 1. The summed E-state index contributed by atoms with van der Waals surface area (Å²) in [5, 5.41) is 2.83. The highest BCUT2D eigenvalue weighted by atomic mass is 16.1. The van der Waals surface area contributed by atoms with Gasteiger partial charge in [0.2, 0.25) is 5.91 Å². The molecule has 0 bridgehead atoms. The maximum absolute atomic E-state index is 11.1. The Bertz CT molecular complexity index is 535. The van der Waals surface area contributed by atoms with E-state index in [9.17, 15) is 4.79 Å². The predicted molar refractivity (Wildman–Crippen MR) is 68.7 cm³/mol. The maximum Gasteiger partial charge on any atom is 0.221 e. The Morgan fingerprint density at radius 1 is 1.12 bits per heavy atom. The fraction of sp³-hybridized carbons (Fsp3) is 0.143. The standard InChI is InChI=1S/C14H14N2O/c1-10-3-4-13(9-14(10)16-11(2)17)12-5-7-15-8-6-12/h3-9H,1-2H3,(H,16,17). The third-order valence-electron chi connectivity index (χ3n) is 2.56. The first-order chi connectivity index (χ1) is 8.16. The van der Waals surface area contributed by atoms with Gasteiger partial charge in [-0.1, -0.05) is 12.1 Å². The van der Waals surface area contributed by atoms with Crippen LogP contribution >= 0.6 is 0 Å². The van der Waals surface area contributed by atoms with Gasteiger partial charge in [-0.15, -0.1) is 0 Å². The molecule has 2 aromatic rings. The first-order valence-electron chi connectivity index (χ1n) is 5.45. The molecule has 0 aliphatic carbocycles. The zero-order valence-electron chi connectivity index (χ0n) is 9.90. The number of rotatable bonds is 2.